The van der Waals surface area contributed by atoms with Crippen LogP contribution in [0.4, 0.5) is 0 Å². The lowest BCUT2D eigenvalue weighted by Gasteiger charge is -2.36. The predicted molar refractivity (Wildman–Crippen MR) is 86.3 cm³/mol. The van der Waals surface area contributed by atoms with Crippen LogP contribution in [0.5, 0.6) is 0 Å². The lowest BCUT2D eigenvalue weighted by atomic mass is 9.92. The highest BCUT2D eigenvalue weighted by molar-refractivity contribution is 4.91. The molecule has 0 radical (unpaired) electrons. The number of nitrogens with one attached hydrogen (secondary N) is 1. The summed E-state index contributed by atoms with van der Waals surface area (Å²) in [6.07, 6.45) is 11.2. The first-order chi connectivity index (χ1) is 10.2. The number of piperidine rings is 1. The summed E-state index contributed by atoms with van der Waals surface area (Å²) in [5, 5.41) is 32.1. The fraction of sp³-hybridized carbons (Fsp3) is 1.00. The van der Waals surface area contributed by atoms with Crippen LogP contribution in [-0.2, 0) is 0 Å². The first-order valence-corrected chi connectivity index (χ1v) is 8.94. The zero-order valence-corrected chi connectivity index (χ0v) is 13.6. The zero-order chi connectivity index (χ0) is 15.5. The van der Waals surface area contributed by atoms with Gasteiger partial charge in [-0.15, -0.1) is 0 Å². The Kier molecular flexibility index (Phi) is 10.3. The zero-order valence-electron chi connectivity index (χ0n) is 13.6. The van der Waals surface area contributed by atoms with Crippen molar-refractivity contribution in [2.45, 2.75) is 102 Å². The molecule has 1 aliphatic heterocycles. The van der Waals surface area contributed by atoms with E-state index in [0.29, 0.717) is 6.54 Å². The molecule has 0 saturated carbocycles. The number of rotatable bonds is 11. The topological polar surface area (TPSA) is 72.7 Å². The molecule has 0 aliphatic carbocycles. The van der Waals surface area contributed by atoms with Crippen molar-refractivity contribution in [2.75, 3.05) is 6.54 Å². The van der Waals surface area contributed by atoms with Crippen molar-refractivity contribution in [3.63, 3.8) is 0 Å². The quantitative estimate of drug-likeness (QED) is 0.442. The average Bonchev–Trinajstić information content (AvgIpc) is 2.49. The summed E-state index contributed by atoms with van der Waals surface area (Å²) in [4.78, 5) is 0. The molecule has 1 saturated heterocycles. The van der Waals surface area contributed by atoms with Crippen LogP contribution in [0, 0.1) is 0 Å². The molecule has 0 aromatic carbocycles. The highest BCUT2D eigenvalue weighted by atomic mass is 16.4. The fourth-order valence-electron chi connectivity index (χ4n) is 3.10. The van der Waals surface area contributed by atoms with Crippen LogP contribution in [0.25, 0.3) is 0 Å². The van der Waals surface area contributed by atoms with Crippen molar-refractivity contribution in [2.24, 2.45) is 0 Å². The molecule has 0 spiro atoms. The van der Waals surface area contributed by atoms with Crippen molar-refractivity contribution >= 4 is 0 Å². The van der Waals surface area contributed by atoms with Gasteiger partial charge < -0.3 is 20.6 Å². The van der Waals surface area contributed by atoms with Crippen molar-refractivity contribution in [1.29, 1.82) is 0 Å². The van der Waals surface area contributed by atoms with E-state index in [1.165, 1.54) is 57.8 Å². The van der Waals surface area contributed by atoms with Gasteiger partial charge in [0.05, 0.1) is 12.2 Å². The van der Waals surface area contributed by atoms with E-state index in [0.717, 1.165) is 12.8 Å². The minimum atomic E-state index is -1.00. The molecule has 0 aromatic rings. The maximum atomic E-state index is 9.88. The van der Waals surface area contributed by atoms with Crippen LogP contribution in [0.2, 0.25) is 0 Å². The number of unbranched alkanes of at least 4 members (excludes halogenated alkanes) is 9. The Hall–Kier alpha value is -0.160. The van der Waals surface area contributed by atoms with Crippen molar-refractivity contribution in [1.82, 2.24) is 5.32 Å². The highest BCUT2D eigenvalue weighted by Gasteiger charge is 2.35. The first-order valence-electron chi connectivity index (χ1n) is 8.94. The van der Waals surface area contributed by atoms with Crippen molar-refractivity contribution in [3.8, 4) is 0 Å². The molecular weight excluding hydrogens is 266 g/mol. The van der Waals surface area contributed by atoms with E-state index in [4.69, 9.17) is 0 Å². The van der Waals surface area contributed by atoms with Crippen LogP contribution in [0.1, 0.15) is 77.6 Å². The van der Waals surface area contributed by atoms with Gasteiger partial charge in [0.15, 0.2) is 0 Å². The number of aliphatic hydroxyl groups excluding tert-OH is 3. The van der Waals surface area contributed by atoms with E-state index in [1.54, 1.807) is 0 Å². The van der Waals surface area contributed by atoms with Gasteiger partial charge in [-0.1, -0.05) is 71.1 Å². The van der Waals surface area contributed by atoms with Gasteiger partial charge in [-0.3, -0.25) is 0 Å². The van der Waals surface area contributed by atoms with Crippen molar-refractivity contribution in [3.05, 3.63) is 0 Å². The van der Waals surface area contributed by atoms with E-state index >= 15 is 0 Å². The van der Waals surface area contributed by atoms with Gasteiger partial charge in [0.25, 0.3) is 0 Å². The number of hydrogen-bond acceptors (Lipinski definition) is 4. The van der Waals surface area contributed by atoms with Gasteiger partial charge in [0.2, 0.25) is 0 Å². The summed E-state index contributed by atoms with van der Waals surface area (Å²) < 4.78 is 0. The molecule has 1 aliphatic rings. The Bertz CT molecular complexity index is 250. The first kappa shape index (κ1) is 18.9. The van der Waals surface area contributed by atoms with Crippen molar-refractivity contribution < 1.29 is 15.3 Å². The molecule has 4 N–H and O–H groups in total. The van der Waals surface area contributed by atoms with Gasteiger partial charge >= 0.3 is 0 Å². The molecule has 0 bridgehead atoms. The molecule has 0 unspecified atom stereocenters. The maximum Gasteiger partial charge on any atom is 0.108 e. The van der Waals surface area contributed by atoms with E-state index < -0.39 is 18.3 Å². The highest BCUT2D eigenvalue weighted by Crippen LogP contribution is 2.17. The molecule has 21 heavy (non-hydrogen) atoms. The second-order valence-corrected chi connectivity index (χ2v) is 6.53. The van der Waals surface area contributed by atoms with Crippen LogP contribution in [0.3, 0.4) is 0 Å². The number of aliphatic hydroxyl groups is 3. The lowest BCUT2D eigenvalue weighted by molar-refractivity contribution is -0.0952. The summed E-state index contributed by atoms with van der Waals surface area (Å²) in [6, 6.07) is -0.0718. The monoisotopic (exact) mass is 301 g/mol. The molecule has 4 atom stereocenters. The minimum Gasteiger partial charge on any atom is -0.389 e. The second kappa shape index (κ2) is 11.4. The molecule has 1 rings (SSSR count). The Morgan fingerprint density at radius 2 is 1.29 bits per heavy atom. The van der Waals surface area contributed by atoms with E-state index in [2.05, 4.69) is 12.2 Å². The van der Waals surface area contributed by atoms with Crippen LogP contribution < -0.4 is 5.32 Å². The molecular formula is C17H35NO3. The summed E-state index contributed by atoms with van der Waals surface area (Å²) in [5.74, 6) is 0. The van der Waals surface area contributed by atoms with Crippen LogP contribution in [0.15, 0.2) is 0 Å². The Morgan fingerprint density at radius 3 is 1.86 bits per heavy atom. The Labute approximate surface area is 130 Å². The number of hydrogen-bond donors (Lipinski definition) is 4. The molecule has 0 amide bonds. The molecule has 4 nitrogen and oxygen atoms in total. The SMILES string of the molecule is CCCCCCCCCCCC[C@H]1NC[C@@H](O)[C@@H](O)[C@@H]1O. The number of β-amino-alcohol motifs (C(OH)–C–C–N with tert-alkyl or cyclic N) is 1. The fourth-order valence-corrected chi connectivity index (χ4v) is 3.10. The molecule has 4 heteroatoms. The molecule has 1 fully saturated rings. The van der Waals surface area contributed by atoms with Gasteiger partial charge in [-0.25, -0.2) is 0 Å². The van der Waals surface area contributed by atoms with Gasteiger partial charge in [-0.05, 0) is 6.42 Å². The van der Waals surface area contributed by atoms with Gasteiger partial charge in [0, 0.05) is 12.6 Å². The smallest absolute Gasteiger partial charge is 0.108 e. The third-order valence-corrected chi connectivity index (χ3v) is 4.61. The lowest BCUT2D eigenvalue weighted by Crippen LogP contribution is -2.59. The minimum absolute atomic E-state index is 0.0718. The summed E-state index contributed by atoms with van der Waals surface area (Å²) >= 11 is 0. The van der Waals surface area contributed by atoms with E-state index in [9.17, 15) is 15.3 Å². The average molecular weight is 301 g/mol. The second-order valence-electron chi connectivity index (χ2n) is 6.53. The van der Waals surface area contributed by atoms with Gasteiger partial charge in [0.1, 0.15) is 6.10 Å². The molecule has 1 heterocycles. The van der Waals surface area contributed by atoms with Crippen LogP contribution in [-0.4, -0.2) is 46.2 Å². The maximum absolute atomic E-state index is 9.88. The third-order valence-electron chi connectivity index (χ3n) is 4.61. The van der Waals surface area contributed by atoms with Gasteiger partial charge in [-0.2, -0.15) is 0 Å². The standard InChI is InChI=1S/C17H35NO3/c1-2-3-4-5-6-7-8-9-10-11-12-14-16(20)17(21)15(19)13-18-14/h14-21H,2-13H2,1H3/t14-,15-,16-,17-/m1/s1. The summed E-state index contributed by atoms with van der Waals surface area (Å²) in [7, 11) is 0. The van der Waals surface area contributed by atoms with E-state index in [-0.39, 0.29) is 6.04 Å². The summed E-state index contributed by atoms with van der Waals surface area (Å²) in [6.45, 7) is 2.62. The van der Waals surface area contributed by atoms with E-state index in [1.807, 2.05) is 0 Å². The Morgan fingerprint density at radius 1 is 0.762 bits per heavy atom. The largest absolute Gasteiger partial charge is 0.389 e. The third kappa shape index (κ3) is 7.59. The molecule has 126 valence electrons. The molecule has 0 aromatic heterocycles. The summed E-state index contributed by atoms with van der Waals surface area (Å²) in [5.41, 5.74) is 0. The Balaban J connectivity index is 1.92. The predicted octanol–water partition coefficient (Wildman–Crippen LogP) is 2.35. The van der Waals surface area contributed by atoms with Crippen LogP contribution >= 0.6 is 0 Å². The normalized spacial score (nSPS) is 29.7.